The summed E-state index contributed by atoms with van der Waals surface area (Å²) in [4.78, 5) is 4.05. The van der Waals surface area contributed by atoms with E-state index >= 15 is 0 Å². The van der Waals surface area contributed by atoms with Crippen LogP contribution in [-0.4, -0.2) is 11.6 Å². The Labute approximate surface area is 65.2 Å². The molecular weight excluding hydrogens is 140 g/mol. The number of pyridine rings is 1. The number of nitrogens with two attached hydrogens (primary N) is 1. The summed E-state index contributed by atoms with van der Waals surface area (Å²) in [5, 5.41) is 0. The summed E-state index contributed by atoms with van der Waals surface area (Å²) in [5.74, 6) is 1.56. The summed E-state index contributed by atoms with van der Waals surface area (Å²) < 4.78 is 5.39. The van der Waals surface area contributed by atoms with Crippen LogP contribution in [0.3, 0.4) is 0 Å². The lowest BCUT2D eigenvalue weighted by atomic mass is 10.1. The smallest absolute Gasteiger partial charge is 0.130 e. The van der Waals surface area contributed by atoms with Gasteiger partial charge < -0.3 is 10.5 Å². The normalized spacial score (nSPS) is 14.3. The summed E-state index contributed by atoms with van der Waals surface area (Å²) in [7, 11) is 0. The number of anilines is 1. The summed E-state index contributed by atoms with van der Waals surface area (Å²) in [6.07, 6.45) is 2.65. The fourth-order valence-electron chi connectivity index (χ4n) is 1.35. The van der Waals surface area contributed by atoms with Crippen molar-refractivity contribution in [2.45, 2.75) is 13.3 Å². The average molecular weight is 150 g/mol. The third-order valence-corrected chi connectivity index (χ3v) is 1.94. The van der Waals surface area contributed by atoms with E-state index in [4.69, 9.17) is 10.5 Å². The van der Waals surface area contributed by atoms with E-state index in [9.17, 15) is 0 Å². The highest BCUT2D eigenvalue weighted by Gasteiger charge is 2.17. The van der Waals surface area contributed by atoms with Crippen molar-refractivity contribution >= 4 is 5.82 Å². The van der Waals surface area contributed by atoms with E-state index in [0.717, 1.165) is 29.9 Å². The Balaban J connectivity index is 2.64. The Morgan fingerprint density at radius 2 is 2.45 bits per heavy atom. The van der Waals surface area contributed by atoms with Crippen molar-refractivity contribution in [3.8, 4) is 5.75 Å². The summed E-state index contributed by atoms with van der Waals surface area (Å²) in [5.41, 5.74) is 7.80. The van der Waals surface area contributed by atoms with Gasteiger partial charge in [-0.2, -0.15) is 0 Å². The second-order valence-corrected chi connectivity index (χ2v) is 2.73. The number of hydrogen-bond acceptors (Lipinski definition) is 3. The molecule has 11 heavy (non-hydrogen) atoms. The molecule has 1 aliphatic rings. The number of ether oxygens (including phenoxy) is 1. The van der Waals surface area contributed by atoms with Crippen LogP contribution in [0, 0.1) is 6.92 Å². The maximum absolute atomic E-state index is 5.65. The molecule has 3 heteroatoms. The van der Waals surface area contributed by atoms with Crippen molar-refractivity contribution in [3.05, 3.63) is 17.3 Å². The highest BCUT2D eigenvalue weighted by atomic mass is 16.5. The van der Waals surface area contributed by atoms with Crippen LogP contribution in [0.2, 0.25) is 0 Å². The summed E-state index contributed by atoms with van der Waals surface area (Å²) in [6.45, 7) is 2.72. The van der Waals surface area contributed by atoms with Gasteiger partial charge in [0.25, 0.3) is 0 Å². The lowest BCUT2D eigenvalue weighted by Gasteiger charge is -2.03. The molecule has 2 rings (SSSR count). The lowest BCUT2D eigenvalue weighted by molar-refractivity contribution is 0.354. The van der Waals surface area contributed by atoms with Gasteiger partial charge in [-0.05, 0) is 6.92 Å². The van der Waals surface area contributed by atoms with E-state index < -0.39 is 0 Å². The number of fused-ring (bicyclic) bond motifs is 1. The van der Waals surface area contributed by atoms with Crippen molar-refractivity contribution in [3.63, 3.8) is 0 Å². The van der Waals surface area contributed by atoms with Crippen LogP contribution in [0.25, 0.3) is 0 Å². The van der Waals surface area contributed by atoms with Crippen molar-refractivity contribution < 1.29 is 4.74 Å². The SMILES string of the molecule is Cc1cnc(N)c2c1OCC2. The van der Waals surface area contributed by atoms with Crippen LogP contribution in [0.5, 0.6) is 5.75 Å². The van der Waals surface area contributed by atoms with Gasteiger partial charge in [0.05, 0.1) is 6.61 Å². The first-order valence-electron chi connectivity index (χ1n) is 3.66. The number of aryl methyl sites for hydroxylation is 1. The fourth-order valence-corrected chi connectivity index (χ4v) is 1.35. The zero-order valence-corrected chi connectivity index (χ0v) is 6.42. The lowest BCUT2D eigenvalue weighted by Crippen LogP contribution is -1.95. The van der Waals surface area contributed by atoms with Gasteiger partial charge in [-0.25, -0.2) is 4.98 Å². The molecule has 0 fully saturated rings. The first-order valence-corrected chi connectivity index (χ1v) is 3.66. The van der Waals surface area contributed by atoms with Crippen molar-refractivity contribution in [1.29, 1.82) is 0 Å². The molecule has 3 nitrogen and oxygen atoms in total. The van der Waals surface area contributed by atoms with E-state index in [1.54, 1.807) is 6.20 Å². The van der Waals surface area contributed by atoms with Gasteiger partial charge in [-0.3, -0.25) is 0 Å². The van der Waals surface area contributed by atoms with Gasteiger partial charge in [0.1, 0.15) is 11.6 Å². The molecule has 1 aromatic rings. The highest BCUT2D eigenvalue weighted by Crippen LogP contribution is 2.31. The Kier molecular flexibility index (Phi) is 1.24. The zero-order valence-electron chi connectivity index (χ0n) is 6.42. The second kappa shape index (κ2) is 2.12. The van der Waals surface area contributed by atoms with Crippen LogP contribution < -0.4 is 10.5 Å². The molecule has 0 saturated carbocycles. The minimum atomic E-state index is 0.614. The zero-order chi connectivity index (χ0) is 7.84. The van der Waals surface area contributed by atoms with Gasteiger partial charge in [-0.1, -0.05) is 0 Å². The third kappa shape index (κ3) is 0.843. The predicted octanol–water partition coefficient (Wildman–Crippen LogP) is 0.907. The van der Waals surface area contributed by atoms with E-state index in [2.05, 4.69) is 4.98 Å². The van der Waals surface area contributed by atoms with E-state index in [1.807, 2.05) is 6.92 Å². The first kappa shape index (κ1) is 6.46. The average Bonchev–Trinajstić information content (AvgIpc) is 2.45. The van der Waals surface area contributed by atoms with Gasteiger partial charge in [0.2, 0.25) is 0 Å². The second-order valence-electron chi connectivity index (χ2n) is 2.73. The van der Waals surface area contributed by atoms with Crippen molar-refractivity contribution in [2.24, 2.45) is 0 Å². The number of aromatic nitrogens is 1. The Morgan fingerprint density at radius 3 is 3.18 bits per heavy atom. The standard InChI is InChI=1S/C8H10N2O/c1-5-4-10-8(9)6-2-3-11-7(5)6/h4H,2-3H2,1H3,(H2,9,10). The van der Waals surface area contributed by atoms with Gasteiger partial charge in [0, 0.05) is 23.7 Å². The summed E-state index contributed by atoms with van der Waals surface area (Å²) in [6, 6.07) is 0. The van der Waals surface area contributed by atoms with Crippen LogP contribution in [0.1, 0.15) is 11.1 Å². The minimum Gasteiger partial charge on any atom is -0.492 e. The molecule has 0 spiro atoms. The fraction of sp³-hybridized carbons (Fsp3) is 0.375. The molecule has 0 amide bonds. The van der Waals surface area contributed by atoms with Crippen LogP contribution >= 0.6 is 0 Å². The predicted molar refractivity (Wildman–Crippen MR) is 42.6 cm³/mol. The van der Waals surface area contributed by atoms with E-state index in [0.29, 0.717) is 5.82 Å². The third-order valence-electron chi connectivity index (χ3n) is 1.94. The Morgan fingerprint density at radius 1 is 1.64 bits per heavy atom. The first-order chi connectivity index (χ1) is 5.29. The molecule has 2 heterocycles. The maximum Gasteiger partial charge on any atom is 0.130 e. The quantitative estimate of drug-likeness (QED) is 0.598. The molecular formula is C8H10N2O. The number of nitrogens with zero attached hydrogens (tertiary/aromatic N) is 1. The number of nitrogen functional groups attached to an aromatic ring is 1. The molecule has 1 aromatic heterocycles. The van der Waals surface area contributed by atoms with E-state index in [1.165, 1.54) is 0 Å². The van der Waals surface area contributed by atoms with Gasteiger partial charge >= 0.3 is 0 Å². The molecule has 1 aliphatic heterocycles. The molecule has 0 saturated heterocycles. The molecule has 0 radical (unpaired) electrons. The molecule has 2 N–H and O–H groups in total. The summed E-state index contributed by atoms with van der Waals surface area (Å²) >= 11 is 0. The van der Waals surface area contributed by atoms with Crippen LogP contribution in [0.15, 0.2) is 6.20 Å². The van der Waals surface area contributed by atoms with Crippen molar-refractivity contribution in [2.75, 3.05) is 12.3 Å². The molecule has 0 aliphatic carbocycles. The van der Waals surface area contributed by atoms with Gasteiger partial charge in [-0.15, -0.1) is 0 Å². The molecule has 58 valence electrons. The van der Waals surface area contributed by atoms with Gasteiger partial charge in [0.15, 0.2) is 0 Å². The molecule has 0 atom stereocenters. The number of rotatable bonds is 0. The van der Waals surface area contributed by atoms with E-state index in [-0.39, 0.29) is 0 Å². The highest BCUT2D eigenvalue weighted by molar-refractivity contribution is 5.53. The Hall–Kier alpha value is -1.25. The molecule has 0 aromatic carbocycles. The molecule has 0 unspecified atom stereocenters. The largest absolute Gasteiger partial charge is 0.492 e. The topological polar surface area (TPSA) is 48.1 Å². The Bertz CT molecular complexity index is 267. The maximum atomic E-state index is 5.65. The minimum absolute atomic E-state index is 0.614. The number of hydrogen-bond donors (Lipinski definition) is 1. The van der Waals surface area contributed by atoms with Crippen LogP contribution in [0.4, 0.5) is 5.82 Å². The van der Waals surface area contributed by atoms with Crippen molar-refractivity contribution in [1.82, 2.24) is 4.98 Å². The van der Waals surface area contributed by atoms with Crippen LogP contribution in [-0.2, 0) is 6.42 Å². The molecule has 0 bridgehead atoms. The monoisotopic (exact) mass is 150 g/mol.